The second-order valence-corrected chi connectivity index (χ2v) is 5.97. The SMILES string of the molecule is NC(=O)C1(N)CCC(SCc2ccccc2)C1. The van der Waals surface area contributed by atoms with Crippen molar-refractivity contribution in [2.45, 2.75) is 35.8 Å². The maximum Gasteiger partial charge on any atom is 0.237 e. The summed E-state index contributed by atoms with van der Waals surface area (Å²) < 4.78 is 0. The van der Waals surface area contributed by atoms with Crippen molar-refractivity contribution in [1.82, 2.24) is 0 Å². The van der Waals surface area contributed by atoms with E-state index >= 15 is 0 Å². The van der Waals surface area contributed by atoms with Gasteiger partial charge in [0.25, 0.3) is 0 Å². The van der Waals surface area contributed by atoms with Crippen LogP contribution in [0.3, 0.4) is 0 Å². The first-order valence-corrected chi connectivity index (χ1v) is 6.89. The number of thioether (sulfide) groups is 1. The Balaban J connectivity index is 1.85. The molecule has 1 aromatic rings. The van der Waals surface area contributed by atoms with Crippen molar-refractivity contribution in [1.29, 1.82) is 0 Å². The van der Waals surface area contributed by atoms with Crippen LogP contribution in [-0.2, 0) is 10.5 Å². The molecule has 4 heteroatoms. The minimum absolute atomic E-state index is 0.361. The Hall–Kier alpha value is -1.00. The van der Waals surface area contributed by atoms with Gasteiger partial charge in [0.1, 0.15) is 0 Å². The Labute approximate surface area is 106 Å². The fourth-order valence-corrected chi connectivity index (χ4v) is 3.50. The van der Waals surface area contributed by atoms with Gasteiger partial charge in [-0.2, -0.15) is 11.8 Å². The number of rotatable bonds is 4. The summed E-state index contributed by atoms with van der Waals surface area (Å²) in [5.41, 5.74) is 11.8. The van der Waals surface area contributed by atoms with Crippen LogP contribution in [-0.4, -0.2) is 16.7 Å². The maximum absolute atomic E-state index is 11.2. The van der Waals surface area contributed by atoms with Gasteiger partial charge in [-0.1, -0.05) is 30.3 Å². The van der Waals surface area contributed by atoms with Crippen LogP contribution >= 0.6 is 11.8 Å². The second-order valence-electron chi connectivity index (χ2n) is 4.68. The third kappa shape index (κ3) is 3.01. The largest absolute Gasteiger partial charge is 0.368 e. The fraction of sp³-hybridized carbons (Fsp3) is 0.462. The number of primary amides is 1. The molecule has 4 N–H and O–H groups in total. The van der Waals surface area contributed by atoms with Gasteiger partial charge in [0.15, 0.2) is 0 Å². The second kappa shape index (κ2) is 5.10. The van der Waals surface area contributed by atoms with E-state index in [1.807, 2.05) is 30.0 Å². The molecule has 0 radical (unpaired) electrons. The number of hydrogen-bond donors (Lipinski definition) is 2. The van der Waals surface area contributed by atoms with Crippen LogP contribution in [0, 0.1) is 0 Å². The predicted molar refractivity (Wildman–Crippen MR) is 71.5 cm³/mol. The first-order chi connectivity index (χ1) is 8.10. The smallest absolute Gasteiger partial charge is 0.237 e. The van der Waals surface area contributed by atoms with Gasteiger partial charge >= 0.3 is 0 Å². The molecule has 2 atom stereocenters. The van der Waals surface area contributed by atoms with Crippen LogP contribution in [0.5, 0.6) is 0 Å². The lowest BCUT2D eigenvalue weighted by atomic mass is 9.99. The van der Waals surface area contributed by atoms with Crippen LogP contribution in [0.2, 0.25) is 0 Å². The van der Waals surface area contributed by atoms with Gasteiger partial charge in [-0.15, -0.1) is 0 Å². The van der Waals surface area contributed by atoms with Gasteiger partial charge in [0.05, 0.1) is 5.54 Å². The lowest BCUT2D eigenvalue weighted by Crippen LogP contribution is -2.50. The molecule has 0 aromatic heterocycles. The predicted octanol–water partition coefficient (Wildman–Crippen LogP) is 1.66. The minimum atomic E-state index is -0.769. The Kier molecular flexibility index (Phi) is 3.74. The highest BCUT2D eigenvalue weighted by atomic mass is 32.2. The quantitative estimate of drug-likeness (QED) is 0.853. The summed E-state index contributed by atoms with van der Waals surface area (Å²) in [4.78, 5) is 11.2. The summed E-state index contributed by atoms with van der Waals surface area (Å²) in [6, 6.07) is 10.3. The molecule has 92 valence electrons. The number of carbonyl (C=O) groups excluding carboxylic acids is 1. The van der Waals surface area contributed by atoms with Crippen LogP contribution in [0.1, 0.15) is 24.8 Å². The Morgan fingerprint density at radius 2 is 2.12 bits per heavy atom. The van der Waals surface area contributed by atoms with Gasteiger partial charge in [-0.25, -0.2) is 0 Å². The minimum Gasteiger partial charge on any atom is -0.368 e. The Bertz CT molecular complexity index is 396. The molecule has 17 heavy (non-hydrogen) atoms. The van der Waals surface area contributed by atoms with E-state index in [9.17, 15) is 4.79 Å². The fourth-order valence-electron chi connectivity index (χ4n) is 2.18. The molecule has 0 saturated heterocycles. The summed E-state index contributed by atoms with van der Waals surface area (Å²) in [6.45, 7) is 0. The van der Waals surface area contributed by atoms with Crippen LogP contribution < -0.4 is 11.5 Å². The molecule has 3 nitrogen and oxygen atoms in total. The Morgan fingerprint density at radius 1 is 1.41 bits per heavy atom. The average Bonchev–Trinajstić information content (AvgIpc) is 2.72. The molecule has 1 fully saturated rings. The van der Waals surface area contributed by atoms with Crippen molar-refractivity contribution in [2.24, 2.45) is 11.5 Å². The Morgan fingerprint density at radius 3 is 2.71 bits per heavy atom. The summed E-state index contributed by atoms with van der Waals surface area (Å²) in [5, 5.41) is 0.452. The van der Waals surface area contributed by atoms with Crippen LogP contribution in [0.15, 0.2) is 30.3 Å². The molecule has 2 rings (SSSR count). The standard InChI is InChI=1S/C13H18N2OS/c14-12(16)13(15)7-6-11(8-13)17-9-10-4-2-1-3-5-10/h1-5,11H,6-9,15H2,(H2,14,16). The summed E-state index contributed by atoms with van der Waals surface area (Å²) >= 11 is 1.87. The highest BCUT2D eigenvalue weighted by Gasteiger charge is 2.40. The lowest BCUT2D eigenvalue weighted by molar-refractivity contribution is -0.122. The zero-order valence-corrected chi connectivity index (χ0v) is 10.6. The van der Waals surface area contributed by atoms with Crippen LogP contribution in [0.25, 0.3) is 0 Å². The molecular weight excluding hydrogens is 232 g/mol. The van der Waals surface area contributed by atoms with Gasteiger partial charge < -0.3 is 11.5 Å². The molecule has 1 aliphatic rings. The molecule has 0 aliphatic heterocycles. The van der Waals surface area contributed by atoms with E-state index in [1.165, 1.54) is 5.56 Å². The third-order valence-corrected chi connectivity index (χ3v) is 4.70. The van der Waals surface area contributed by atoms with E-state index < -0.39 is 5.54 Å². The molecule has 1 aliphatic carbocycles. The molecule has 2 unspecified atom stereocenters. The van der Waals surface area contributed by atoms with Crippen molar-refractivity contribution in [3.05, 3.63) is 35.9 Å². The molecule has 1 saturated carbocycles. The first-order valence-electron chi connectivity index (χ1n) is 5.84. The zero-order valence-electron chi connectivity index (χ0n) is 9.76. The number of nitrogens with two attached hydrogens (primary N) is 2. The number of benzene rings is 1. The maximum atomic E-state index is 11.2. The van der Waals surface area contributed by atoms with Crippen molar-refractivity contribution < 1.29 is 4.79 Å². The zero-order chi connectivity index (χ0) is 12.3. The molecule has 1 aromatic carbocycles. The number of hydrogen-bond acceptors (Lipinski definition) is 3. The molecule has 0 heterocycles. The normalized spacial score (nSPS) is 28.2. The number of carbonyl (C=O) groups is 1. The molecular formula is C13H18N2OS. The van der Waals surface area contributed by atoms with Crippen molar-refractivity contribution >= 4 is 17.7 Å². The average molecular weight is 250 g/mol. The van der Waals surface area contributed by atoms with E-state index in [1.54, 1.807) is 0 Å². The number of amides is 1. The van der Waals surface area contributed by atoms with Gasteiger partial charge in [-0.3, -0.25) is 4.79 Å². The first kappa shape index (κ1) is 12.5. The van der Waals surface area contributed by atoms with Crippen molar-refractivity contribution in [3.63, 3.8) is 0 Å². The molecule has 0 bridgehead atoms. The molecule has 1 amide bonds. The lowest BCUT2D eigenvalue weighted by Gasteiger charge is -2.19. The third-order valence-electron chi connectivity index (χ3n) is 3.32. The monoisotopic (exact) mass is 250 g/mol. The van der Waals surface area contributed by atoms with Gasteiger partial charge in [0.2, 0.25) is 5.91 Å². The van der Waals surface area contributed by atoms with E-state index in [4.69, 9.17) is 11.5 Å². The molecule has 0 spiro atoms. The van der Waals surface area contributed by atoms with Gasteiger partial charge in [0, 0.05) is 11.0 Å². The van der Waals surface area contributed by atoms with E-state index in [0.717, 1.165) is 18.6 Å². The van der Waals surface area contributed by atoms with Crippen LogP contribution in [0.4, 0.5) is 0 Å². The highest BCUT2D eigenvalue weighted by molar-refractivity contribution is 7.99. The van der Waals surface area contributed by atoms with E-state index in [2.05, 4.69) is 12.1 Å². The van der Waals surface area contributed by atoms with E-state index in [0.29, 0.717) is 11.7 Å². The summed E-state index contributed by atoms with van der Waals surface area (Å²) in [7, 11) is 0. The summed E-state index contributed by atoms with van der Waals surface area (Å²) in [5.74, 6) is 0.612. The topological polar surface area (TPSA) is 69.1 Å². The highest BCUT2D eigenvalue weighted by Crippen LogP contribution is 2.36. The van der Waals surface area contributed by atoms with Crippen molar-refractivity contribution in [2.75, 3.05) is 0 Å². The van der Waals surface area contributed by atoms with Crippen molar-refractivity contribution in [3.8, 4) is 0 Å². The van der Waals surface area contributed by atoms with E-state index in [-0.39, 0.29) is 5.91 Å². The summed E-state index contributed by atoms with van der Waals surface area (Å²) in [6.07, 6.45) is 2.41. The van der Waals surface area contributed by atoms with Gasteiger partial charge in [-0.05, 0) is 24.8 Å².